The first kappa shape index (κ1) is 29.1. The van der Waals surface area contributed by atoms with E-state index in [4.69, 9.17) is 20.2 Å². The normalized spacial score (nSPS) is 17.0. The largest absolute Gasteiger partial charge is 0.495 e. The molecule has 2 aromatic heterocycles. The average Bonchev–Trinajstić information content (AvgIpc) is 3.27. The number of nitrogens with zero attached hydrogens (tertiary/aromatic N) is 4. The van der Waals surface area contributed by atoms with Crippen molar-refractivity contribution < 1.29 is 29.3 Å². The van der Waals surface area contributed by atoms with Gasteiger partial charge in [-0.3, -0.25) is 14.5 Å². The van der Waals surface area contributed by atoms with Gasteiger partial charge in [-0.1, -0.05) is 6.07 Å². The molecule has 0 saturated carbocycles. The number of carbonyl (C=O) groups excluding carboxylic acids is 2. The number of aliphatic hydroxyl groups excluding tert-OH is 1. The molecule has 0 bridgehead atoms. The average molecular weight is 555 g/mol. The predicted molar refractivity (Wildman–Crippen MR) is 150 cm³/mol. The van der Waals surface area contributed by atoms with Crippen LogP contribution in [0.4, 0.5) is 16.3 Å². The number of piperidine rings is 1. The van der Waals surface area contributed by atoms with Crippen molar-refractivity contribution in [3.63, 3.8) is 0 Å². The predicted octanol–water partition coefficient (Wildman–Crippen LogP) is 3.17. The summed E-state index contributed by atoms with van der Waals surface area (Å²) in [5.74, 6) is 0.724. The lowest BCUT2D eigenvalue weighted by molar-refractivity contribution is -0.154. The smallest absolute Gasteiger partial charge is 0.412 e. The Morgan fingerprint density at radius 2 is 1.95 bits per heavy atom. The zero-order valence-corrected chi connectivity index (χ0v) is 23.8. The van der Waals surface area contributed by atoms with E-state index in [0.29, 0.717) is 53.5 Å². The molecule has 40 heavy (non-hydrogen) atoms. The molecule has 2 amide bonds. The van der Waals surface area contributed by atoms with Crippen LogP contribution in [0.1, 0.15) is 59.2 Å². The van der Waals surface area contributed by atoms with E-state index in [9.17, 15) is 19.8 Å². The highest BCUT2D eigenvalue weighted by molar-refractivity contribution is 5.90. The summed E-state index contributed by atoms with van der Waals surface area (Å²) in [6.45, 7) is 8.96. The fraction of sp³-hybridized carbons (Fsp3) is 0.500. The highest BCUT2D eigenvalue weighted by atomic mass is 16.6. The number of nitrogens with two attached hydrogens (primary N) is 1. The fourth-order valence-electron chi connectivity index (χ4n) is 4.79. The minimum Gasteiger partial charge on any atom is -0.495 e. The fourth-order valence-corrected chi connectivity index (χ4v) is 4.79. The number of carbonyl (C=O) groups is 2. The molecule has 1 aromatic carbocycles. The number of anilines is 2. The van der Waals surface area contributed by atoms with E-state index in [0.717, 1.165) is 6.42 Å². The molecule has 0 radical (unpaired) electrons. The number of benzene rings is 1. The SMILES string of the molecule is COc1cc(-c2nc(C3CCCN(C(=O)C(O)C(C)(C)O)C3)n3ccnc(N)c23)ccc1NC(=O)OC(C)(C)C. The van der Waals surface area contributed by atoms with Crippen molar-refractivity contribution in [2.75, 3.05) is 31.2 Å². The molecule has 1 aliphatic heterocycles. The Morgan fingerprint density at radius 3 is 2.60 bits per heavy atom. The Morgan fingerprint density at radius 1 is 1.23 bits per heavy atom. The number of amides is 2. The number of rotatable bonds is 6. The van der Waals surface area contributed by atoms with Crippen LogP contribution in [0, 0.1) is 0 Å². The molecule has 3 aromatic rings. The van der Waals surface area contributed by atoms with Gasteiger partial charge >= 0.3 is 6.09 Å². The number of hydrogen-bond donors (Lipinski definition) is 4. The van der Waals surface area contributed by atoms with Gasteiger partial charge in [-0.25, -0.2) is 14.8 Å². The summed E-state index contributed by atoms with van der Waals surface area (Å²) in [5, 5.41) is 23.2. The first-order valence-electron chi connectivity index (χ1n) is 13.2. The lowest BCUT2D eigenvalue weighted by Gasteiger charge is -2.35. The van der Waals surface area contributed by atoms with Gasteiger partial charge in [0.2, 0.25) is 0 Å². The highest BCUT2D eigenvalue weighted by Gasteiger charge is 2.37. The van der Waals surface area contributed by atoms with E-state index >= 15 is 0 Å². The van der Waals surface area contributed by atoms with Crippen LogP contribution in [0.5, 0.6) is 5.75 Å². The maximum atomic E-state index is 12.9. The van der Waals surface area contributed by atoms with Gasteiger partial charge < -0.3 is 30.3 Å². The lowest BCUT2D eigenvalue weighted by Crippen LogP contribution is -2.52. The molecule has 2 unspecified atom stereocenters. The molecule has 12 nitrogen and oxygen atoms in total. The second-order valence-corrected chi connectivity index (χ2v) is 11.6. The second-order valence-electron chi connectivity index (χ2n) is 11.6. The summed E-state index contributed by atoms with van der Waals surface area (Å²) < 4.78 is 12.8. The van der Waals surface area contributed by atoms with Crippen LogP contribution < -0.4 is 15.8 Å². The van der Waals surface area contributed by atoms with Crippen molar-refractivity contribution in [2.24, 2.45) is 0 Å². The first-order valence-corrected chi connectivity index (χ1v) is 13.2. The Balaban J connectivity index is 1.69. The van der Waals surface area contributed by atoms with E-state index < -0.39 is 29.3 Å². The Hall–Kier alpha value is -3.90. The highest BCUT2D eigenvalue weighted by Crippen LogP contribution is 2.37. The van der Waals surface area contributed by atoms with Crippen molar-refractivity contribution in [3.05, 3.63) is 36.4 Å². The maximum Gasteiger partial charge on any atom is 0.412 e. The monoisotopic (exact) mass is 554 g/mol. The molecule has 1 aliphatic rings. The van der Waals surface area contributed by atoms with Crippen molar-refractivity contribution >= 4 is 29.0 Å². The molecule has 216 valence electrons. The van der Waals surface area contributed by atoms with E-state index in [-0.39, 0.29) is 11.7 Å². The number of hydrogen-bond acceptors (Lipinski definition) is 9. The van der Waals surface area contributed by atoms with Gasteiger partial charge in [0.05, 0.1) is 18.4 Å². The van der Waals surface area contributed by atoms with E-state index in [1.54, 1.807) is 56.3 Å². The number of methoxy groups -OCH3 is 1. The first-order chi connectivity index (χ1) is 18.7. The van der Waals surface area contributed by atoms with Crippen LogP contribution in [-0.4, -0.2) is 79.0 Å². The molecule has 1 fully saturated rings. The Kier molecular flexibility index (Phi) is 7.95. The number of aliphatic hydroxyl groups is 2. The third kappa shape index (κ3) is 6.13. The molecule has 3 heterocycles. The van der Waals surface area contributed by atoms with Crippen molar-refractivity contribution in [1.29, 1.82) is 0 Å². The number of nitrogens with one attached hydrogen (secondary N) is 1. The van der Waals surface area contributed by atoms with E-state index in [2.05, 4.69) is 10.3 Å². The van der Waals surface area contributed by atoms with Crippen LogP contribution in [-0.2, 0) is 9.53 Å². The van der Waals surface area contributed by atoms with Gasteiger partial charge in [0.25, 0.3) is 5.91 Å². The Bertz CT molecular complexity index is 1410. The van der Waals surface area contributed by atoms with Crippen LogP contribution in [0.2, 0.25) is 0 Å². The summed E-state index contributed by atoms with van der Waals surface area (Å²) in [6.07, 6.45) is 2.71. The van der Waals surface area contributed by atoms with Gasteiger partial charge in [-0.2, -0.15) is 0 Å². The third-order valence-corrected chi connectivity index (χ3v) is 6.72. The number of nitrogen functional groups attached to an aromatic ring is 1. The number of likely N-dealkylation sites (tertiary alicyclic amines) is 1. The topological polar surface area (TPSA) is 165 Å². The van der Waals surface area contributed by atoms with E-state index in [1.165, 1.54) is 21.0 Å². The molecule has 2 atom stereocenters. The number of imidazole rings is 1. The van der Waals surface area contributed by atoms with Crippen molar-refractivity contribution in [1.82, 2.24) is 19.3 Å². The minimum atomic E-state index is -1.55. The molecular weight excluding hydrogens is 516 g/mol. The summed E-state index contributed by atoms with van der Waals surface area (Å²) in [5.41, 5.74) is 6.41. The standard InChI is InChI=1S/C28H38N6O6/c1-27(2,3)40-26(37)31-18-10-9-16(14-19(18)39-6)20-21-23(29)30-11-13-34(21)24(32-20)17-8-7-12-33(15-17)25(36)22(35)28(4,5)38/h9-11,13-14,17,22,35,38H,7-8,12,15H2,1-6H3,(H2,29,30)(H,31,37). The quantitative estimate of drug-likeness (QED) is 0.358. The number of aromatic nitrogens is 3. The summed E-state index contributed by atoms with van der Waals surface area (Å²) in [7, 11) is 1.50. The van der Waals surface area contributed by atoms with Crippen LogP contribution in [0.25, 0.3) is 16.8 Å². The Labute approximate surface area is 233 Å². The maximum absolute atomic E-state index is 12.9. The summed E-state index contributed by atoms with van der Waals surface area (Å²) >= 11 is 0. The lowest BCUT2D eigenvalue weighted by atomic mass is 9.94. The van der Waals surface area contributed by atoms with Gasteiger partial charge in [0.1, 0.15) is 34.2 Å². The van der Waals surface area contributed by atoms with Crippen molar-refractivity contribution in [3.8, 4) is 17.0 Å². The minimum absolute atomic E-state index is 0.148. The molecule has 0 spiro atoms. The third-order valence-electron chi connectivity index (χ3n) is 6.72. The van der Waals surface area contributed by atoms with Gasteiger partial charge in [0, 0.05) is 37.0 Å². The molecule has 12 heteroatoms. The molecule has 4 rings (SSSR count). The second kappa shape index (κ2) is 10.9. The van der Waals surface area contributed by atoms with Crippen LogP contribution in [0.15, 0.2) is 30.6 Å². The van der Waals surface area contributed by atoms with Gasteiger partial charge in [-0.15, -0.1) is 0 Å². The number of fused-ring (bicyclic) bond motifs is 1. The van der Waals surface area contributed by atoms with Crippen LogP contribution in [0.3, 0.4) is 0 Å². The summed E-state index contributed by atoms with van der Waals surface area (Å²) in [4.78, 5) is 36.1. The zero-order valence-electron chi connectivity index (χ0n) is 23.8. The molecule has 1 saturated heterocycles. The molecule has 0 aliphatic carbocycles. The number of ether oxygens (including phenoxy) is 2. The van der Waals surface area contributed by atoms with Gasteiger partial charge in [-0.05, 0) is 59.6 Å². The summed E-state index contributed by atoms with van der Waals surface area (Å²) in [6, 6.07) is 5.25. The van der Waals surface area contributed by atoms with Gasteiger partial charge in [0.15, 0.2) is 6.10 Å². The van der Waals surface area contributed by atoms with E-state index in [1.807, 2.05) is 4.40 Å². The molecule has 5 N–H and O–H groups in total. The van der Waals surface area contributed by atoms with Crippen LogP contribution >= 0.6 is 0 Å². The van der Waals surface area contributed by atoms with Crippen molar-refractivity contribution in [2.45, 2.75) is 70.7 Å². The molecular formula is C28H38N6O6. The zero-order chi connectivity index (χ0) is 29.4.